The number of likely N-dealkylation sites (N-methyl/N-ethyl adjacent to an activating group) is 1. The van der Waals surface area contributed by atoms with E-state index in [1.165, 1.54) is 0 Å². The lowest BCUT2D eigenvalue weighted by atomic mass is 9.97. The van der Waals surface area contributed by atoms with Gasteiger partial charge in [-0.25, -0.2) is 0 Å². The second-order valence-electron chi connectivity index (χ2n) is 8.16. The lowest BCUT2D eigenvalue weighted by Crippen LogP contribution is -2.49. The molecule has 0 bridgehead atoms. The van der Waals surface area contributed by atoms with Crippen molar-refractivity contribution >= 4 is 30.8 Å². The molecule has 32 heavy (non-hydrogen) atoms. The average molecular weight is 474 g/mol. The number of hydrogen-bond donors (Lipinski definition) is 1. The van der Waals surface area contributed by atoms with Crippen LogP contribution in [0.5, 0.6) is 0 Å². The van der Waals surface area contributed by atoms with Crippen LogP contribution < -0.4 is 10.2 Å². The summed E-state index contributed by atoms with van der Waals surface area (Å²) >= 11 is 0. The van der Waals surface area contributed by atoms with Crippen molar-refractivity contribution in [2.24, 2.45) is 5.92 Å². The van der Waals surface area contributed by atoms with E-state index in [1.807, 2.05) is 45.0 Å². The minimum absolute atomic E-state index is 0. The van der Waals surface area contributed by atoms with Crippen molar-refractivity contribution in [3.05, 3.63) is 35.4 Å². The summed E-state index contributed by atoms with van der Waals surface area (Å²) in [6.07, 6.45) is 0.567. The molecule has 11 heteroatoms. The van der Waals surface area contributed by atoms with E-state index < -0.39 is 12.8 Å². The van der Waals surface area contributed by atoms with Crippen LogP contribution in [0.4, 0.5) is 24.5 Å². The van der Waals surface area contributed by atoms with E-state index >= 15 is 0 Å². The maximum atomic E-state index is 12.4. The first-order valence-corrected chi connectivity index (χ1v) is 10.2. The Hall–Kier alpha value is -2.27. The van der Waals surface area contributed by atoms with Crippen molar-refractivity contribution in [1.82, 2.24) is 14.8 Å². The maximum Gasteiger partial charge on any atom is 0.411 e. The highest BCUT2D eigenvalue weighted by Gasteiger charge is 2.34. The van der Waals surface area contributed by atoms with Crippen LogP contribution in [0.15, 0.2) is 18.5 Å². The number of halogens is 3. The van der Waals surface area contributed by atoms with Gasteiger partial charge in [0, 0.05) is 18.9 Å². The number of carbonyl (C=O) groups excluding carboxylic acids is 1. The first-order chi connectivity index (χ1) is 14.5. The predicted molar refractivity (Wildman–Crippen MR) is 122 cm³/mol. The summed E-state index contributed by atoms with van der Waals surface area (Å²) in [5, 5.41) is 7.17. The van der Waals surface area contributed by atoms with Crippen LogP contribution in [0, 0.1) is 12.8 Å². The molecule has 0 radical (unpaired) electrons. The molecule has 2 aromatic heterocycles. The molecule has 0 spiro atoms. The number of ether oxygens (including phenoxy) is 1. The highest BCUT2D eigenvalue weighted by Crippen LogP contribution is 2.35. The minimum Gasteiger partial charge on any atom is -0.370 e. The van der Waals surface area contributed by atoms with Gasteiger partial charge in [-0.3, -0.25) is 14.5 Å². The van der Waals surface area contributed by atoms with E-state index in [0.717, 1.165) is 28.3 Å². The number of anilines is 2. The number of aryl methyl sites for hydroxylation is 3. The summed E-state index contributed by atoms with van der Waals surface area (Å²) in [6, 6.07) is 1.77. The van der Waals surface area contributed by atoms with Crippen molar-refractivity contribution in [3.8, 4) is 0 Å². The molecule has 1 aliphatic heterocycles. The van der Waals surface area contributed by atoms with Gasteiger partial charge < -0.3 is 15.0 Å². The predicted octanol–water partition coefficient (Wildman–Crippen LogP) is 3.48. The van der Waals surface area contributed by atoms with Gasteiger partial charge in [0.1, 0.15) is 12.6 Å². The molecule has 1 aliphatic rings. The Morgan fingerprint density at radius 1 is 1.28 bits per heavy atom. The first kappa shape index (κ1) is 26.0. The van der Waals surface area contributed by atoms with Gasteiger partial charge in [0.25, 0.3) is 0 Å². The zero-order valence-corrected chi connectivity index (χ0v) is 19.7. The van der Waals surface area contributed by atoms with Crippen molar-refractivity contribution in [1.29, 1.82) is 0 Å². The molecule has 1 atom stereocenters. The Labute approximate surface area is 192 Å². The standard InChI is InChI=1S/C21H28F3N5O2.H2S/c1-13(2)19-20(30)27-18-14(3)26-16(9-17(18)28(19)4)6-5-15-10-25-29(11-15)7-8-31-12-21(22,23)24;/h9-11,13,19H,5-8,12H2,1-4H3,(H,27,30);1H2/t19-;/m0./s1. The molecule has 0 saturated heterocycles. The molecule has 3 rings (SSSR count). The number of nitrogens with one attached hydrogen (secondary N) is 1. The van der Waals surface area contributed by atoms with Gasteiger partial charge in [-0.05, 0) is 37.3 Å². The van der Waals surface area contributed by atoms with Gasteiger partial charge in [-0.1, -0.05) is 13.8 Å². The van der Waals surface area contributed by atoms with Crippen LogP contribution in [0.25, 0.3) is 0 Å². The summed E-state index contributed by atoms with van der Waals surface area (Å²) in [5.41, 5.74) is 4.35. The van der Waals surface area contributed by atoms with Crippen molar-refractivity contribution in [2.45, 2.75) is 52.4 Å². The van der Waals surface area contributed by atoms with E-state index in [1.54, 1.807) is 10.9 Å². The quantitative estimate of drug-likeness (QED) is 0.595. The van der Waals surface area contributed by atoms with E-state index in [-0.39, 0.29) is 44.5 Å². The third-order valence-corrected chi connectivity index (χ3v) is 5.27. The van der Waals surface area contributed by atoms with Crippen LogP contribution in [-0.2, 0) is 28.9 Å². The molecular weight excluding hydrogens is 443 g/mol. The highest BCUT2D eigenvalue weighted by molar-refractivity contribution is 7.59. The van der Waals surface area contributed by atoms with Crippen molar-refractivity contribution < 1.29 is 22.7 Å². The number of rotatable bonds is 8. The third kappa shape index (κ3) is 6.38. The second-order valence-corrected chi connectivity index (χ2v) is 8.16. The van der Waals surface area contributed by atoms with Crippen LogP contribution >= 0.6 is 13.5 Å². The van der Waals surface area contributed by atoms with E-state index in [2.05, 4.69) is 20.1 Å². The number of fused-ring (bicyclic) bond motifs is 1. The zero-order chi connectivity index (χ0) is 22.8. The van der Waals surface area contributed by atoms with Crippen molar-refractivity contribution in [3.63, 3.8) is 0 Å². The third-order valence-electron chi connectivity index (χ3n) is 5.27. The Morgan fingerprint density at radius 3 is 2.66 bits per heavy atom. The Bertz CT molecular complexity index is 933. The van der Waals surface area contributed by atoms with Gasteiger partial charge in [0.2, 0.25) is 5.91 Å². The smallest absolute Gasteiger partial charge is 0.370 e. The lowest BCUT2D eigenvalue weighted by molar-refractivity contribution is -0.174. The molecule has 0 fully saturated rings. The Balaban J connectivity index is 0.00000363. The number of aromatic nitrogens is 3. The van der Waals surface area contributed by atoms with Gasteiger partial charge in [0.15, 0.2) is 0 Å². The summed E-state index contributed by atoms with van der Waals surface area (Å²) in [7, 11) is 1.93. The number of amides is 1. The highest BCUT2D eigenvalue weighted by atomic mass is 32.1. The molecule has 0 unspecified atom stereocenters. The molecule has 0 saturated carbocycles. The molecule has 0 aliphatic carbocycles. The fourth-order valence-corrected chi connectivity index (χ4v) is 3.83. The lowest BCUT2D eigenvalue weighted by Gasteiger charge is -2.38. The molecule has 1 amide bonds. The first-order valence-electron chi connectivity index (χ1n) is 10.2. The maximum absolute atomic E-state index is 12.4. The van der Waals surface area contributed by atoms with Crippen LogP contribution in [0.1, 0.15) is 30.8 Å². The second kappa shape index (κ2) is 10.6. The summed E-state index contributed by atoms with van der Waals surface area (Å²) < 4.78 is 42.5. The topological polar surface area (TPSA) is 72.3 Å². The molecule has 1 N–H and O–H groups in total. The number of alkyl halides is 3. The molecule has 3 heterocycles. The molecule has 2 aromatic rings. The van der Waals surface area contributed by atoms with Crippen LogP contribution in [-0.4, -0.2) is 53.2 Å². The van der Waals surface area contributed by atoms with Gasteiger partial charge >= 0.3 is 6.18 Å². The van der Waals surface area contributed by atoms with E-state index in [9.17, 15) is 18.0 Å². The summed E-state index contributed by atoms with van der Waals surface area (Å²) in [4.78, 5) is 19.1. The fraction of sp³-hybridized carbons (Fsp3) is 0.571. The van der Waals surface area contributed by atoms with Gasteiger partial charge in [-0.15, -0.1) is 0 Å². The van der Waals surface area contributed by atoms with Crippen molar-refractivity contribution in [2.75, 3.05) is 30.5 Å². The monoisotopic (exact) mass is 473 g/mol. The molecule has 7 nitrogen and oxygen atoms in total. The van der Waals surface area contributed by atoms with Gasteiger partial charge in [-0.2, -0.15) is 31.8 Å². The summed E-state index contributed by atoms with van der Waals surface area (Å²) in [5.74, 6) is 0.148. The number of nitrogens with zero attached hydrogens (tertiary/aromatic N) is 4. The minimum atomic E-state index is -4.32. The van der Waals surface area contributed by atoms with Crippen LogP contribution in [0.3, 0.4) is 0 Å². The summed E-state index contributed by atoms with van der Waals surface area (Å²) in [6.45, 7) is 4.87. The van der Waals surface area contributed by atoms with E-state index in [0.29, 0.717) is 12.8 Å². The largest absolute Gasteiger partial charge is 0.411 e. The van der Waals surface area contributed by atoms with Gasteiger partial charge in [0.05, 0.1) is 36.4 Å². The Morgan fingerprint density at radius 2 is 2.00 bits per heavy atom. The fourth-order valence-electron chi connectivity index (χ4n) is 3.83. The SMILES string of the molecule is Cc1nc(CCc2cnn(CCOCC(F)(F)F)c2)cc2c1NC(=O)[C@H](C(C)C)N2C.S. The number of pyridine rings is 1. The average Bonchev–Trinajstić information content (AvgIpc) is 3.11. The molecule has 178 valence electrons. The molecular formula is C21H30F3N5O2S. The number of carbonyl (C=O) groups is 1. The van der Waals surface area contributed by atoms with E-state index in [4.69, 9.17) is 0 Å². The molecule has 0 aromatic carbocycles. The Kier molecular flexibility index (Phi) is 8.58. The normalized spacial score (nSPS) is 16.1. The van der Waals surface area contributed by atoms with Crippen LogP contribution in [0.2, 0.25) is 0 Å². The number of hydrogen-bond acceptors (Lipinski definition) is 5. The zero-order valence-electron chi connectivity index (χ0n) is 18.7.